The lowest BCUT2D eigenvalue weighted by Crippen LogP contribution is -1.93. The minimum Gasteiger partial charge on any atom is -0.454 e. The van der Waals surface area contributed by atoms with Gasteiger partial charge in [-0.1, -0.05) is 30.3 Å². The van der Waals surface area contributed by atoms with E-state index in [9.17, 15) is 4.79 Å². The van der Waals surface area contributed by atoms with Crippen molar-refractivity contribution in [1.82, 2.24) is 0 Å². The van der Waals surface area contributed by atoms with Crippen LogP contribution in [0.4, 0.5) is 0 Å². The van der Waals surface area contributed by atoms with Gasteiger partial charge < -0.3 is 4.74 Å². The van der Waals surface area contributed by atoms with Crippen molar-refractivity contribution in [1.29, 1.82) is 0 Å². The normalized spacial score (nSPS) is 19.0. The van der Waals surface area contributed by atoms with Crippen LogP contribution in [0, 0.1) is 0 Å². The zero-order chi connectivity index (χ0) is 10.4. The molecule has 0 saturated heterocycles. The average Bonchev–Trinajstić information content (AvgIpc) is 2.55. The molecule has 15 heavy (non-hydrogen) atoms. The van der Waals surface area contributed by atoms with Crippen LogP contribution in [0.3, 0.4) is 0 Å². The van der Waals surface area contributed by atoms with Crippen LogP contribution in [0.25, 0.3) is 10.8 Å². The van der Waals surface area contributed by atoms with E-state index >= 15 is 0 Å². The van der Waals surface area contributed by atoms with Gasteiger partial charge in [-0.25, -0.2) is 4.79 Å². The highest BCUT2D eigenvalue weighted by molar-refractivity contribution is 6.01. The van der Waals surface area contributed by atoms with Gasteiger partial charge in [0.1, 0.15) is 6.10 Å². The molecular formula is C13H10O2. The number of carbonyl (C=O) groups excluding carboxylic acids is 1. The Morgan fingerprint density at radius 1 is 1.13 bits per heavy atom. The molecule has 1 atom stereocenters. The summed E-state index contributed by atoms with van der Waals surface area (Å²) < 4.78 is 5.20. The van der Waals surface area contributed by atoms with Gasteiger partial charge in [-0.2, -0.15) is 0 Å². The molecule has 0 radical (unpaired) electrons. The van der Waals surface area contributed by atoms with Gasteiger partial charge in [0.05, 0.1) is 5.56 Å². The van der Waals surface area contributed by atoms with Crippen molar-refractivity contribution in [2.75, 3.05) is 0 Å². The van der Waals surface area contributed by atoms with Crippen molar-refractivity contribution >= 4 is 16.7 Å². The van der Waals surface area contributed by atoms with E-state index in [4.69, 9.17) is 4.74 Å². The fraction of sp³-hybridized carbons (Fsp3) is 0.154. The number of ether oxygens (including phenoxy) is 1. The highest BCUT2D eigenvalue weighted by atomic mass is 16.5. The van der Waals surface area contributed by atoms with Crippen molar-refractivity contribution in [3.8, 4) is 0 Å². The van der Waals surface area contributed by atoms with Gasteiger partial charge in [-0.15, -0.1) is 0 Å². The summed E-state index contributed by atoms with van der Waals surface area (Å²) in [6.07, 6.45) is -0.126. The van der Waals surface area contributed by atoms with Crippen LogP contribution in [-0.2, 0) is 4.74 Å². The smallest absolute Gasteiger partial charge is 0.339 e. The van der Waals surface area contributed by atoms with E-state index in [1.165, 1.54) is 0 Å². The molecule has 1 aliphatic rings. The van der Waals surface area contributed by atoms with Crippen molar-refractivity contribution in [3.05, 3.63) is 47.5 Å². The van der Waals surface area contributed by atoms with Gasteiger partial charge in [0, 0.05) is 5.56 Å². The highest BCUT2D eigenvalue weighted by Crippen LogP contribution is 2.35. The Morgan fingerprint density at radius 3 is 2.80 bits per heavy atom. The molecule has 0 aromatic heterocycles. The van der Waals surface area contributed by atoms with Gasteiger partial charge >= 0.3 is 5.97 Å². The molecule has 1 unspecified atom stereocenters. The van der Waals surface area contributed by atoms with Crippen molar-refractivity contribution in [2.45, 2.75) is 13.0 Å². The summed E-state index contributed by atoms with van der Waals surface area (Å²) in [7, 11) is 0. The molecule has 0 fully saturated rings. The third kappa shape index (κ3) is 1.08. The van der Waals surface area contributed by atoms with Crippen molar-refractivity contribution in [2.24, 2.45) is 0 Å². The molecule has 1 heterocycles. The van der Waals surface area contributed by atoms with Crippen LogP contribution in [-0.4, -0.2) is 5.97 Å². The first-order chi connectivity index (χ1) is 7.27. The van der Waals surface area contributed by atoms with Crippen LogP contribution in [0.5, 0.6) is 0 Å². The Labute approximate surface area is 87.5 Å². The fourth-order valence-electron chi connectivity index (χ4n) is 2.19. The Bertz CT molecular complexity index is 557. The molecular weight excluding hydrogens is 188 g/mol. The van der Waals surface area contributed by atoms with Gasteiger partial charge in [-0.05, 0) is 23.8 Å². The van der Waals surface area contributed by atoms with E-state index in [0.29, 0.717) is 5.56 Å². The van der Waals surface area contributed by atoms with E-state index in [1.54, 1.807) is 0 Å². The molecule has 0 N–H and O–H groups in total. The lowest BCUT2D eigenvalue weighted by Gasteiger charge is -2.06. The molecule has 0 saturated carbocycles. The Hall–Kier alpha value is -1.83. The quantitative estimate of drug-likeness (QED) is 0.608. The number of esters is 1. The summed E-state index contributed by atoms with van der Waals surface area (Å²) in [6.45, 7) is 1.91. The van der Waals surface area contributed by atoms with E-state index in [1.807, 2.05) is 43.3 Å². The number of cyclic esters (lactones) is 1. The average molecular weight is 198 g/mol. The maximum Gasteiger partial charge on any atom is 0.339 e. The summed E-state index contributed by atoms with van der Waals surface area (Å²) in [5.41, 5.74) is 1.74. The first-order valence-electron chi connectivity index (χ1n) is 5.00. The molecule has 0 amide bonds. The lowest BCUT2D eigenvalue weighted by molar-refractivity contribution is 0.0423. The van der Waals surface area contributed by atoms with Crippen LogP contribution in [0.15, 0.2) is 36.4 Å². The molecule has 2 nitrogen and oxygen atoms in total. The topological polar surface area (TPSA) is 26.3 Å². The van der Waals surface area contributed by atoms with Gasteiger partial charge in [0.15, 0.2) is 0 Å². The van der Waals surface area contributed by atoms with Crippen LogP contribution < -0.4 is 0 Å². The third-order valence-corrected chi connectivity index (χ3v) is 2.88. The molecule has 74 valence electrons. The largest absolute Gasteiger partial charge is 0.454 e. The second kappa shape index (κ2) is 2.83. The summed E-state index contributed by atoms with van der Waals surface area (Å²) >= 11 is 0. The summed E-state index contributed by atoms with van der Waals surface area (Å²) in [6, 6.07) is 11.9. The number of fused-ring (bicyclic) bond motifs is 3. The summed E-state index contributed by atoms with van der Waals surface area (Å²) in [5.74, 6) is -0.205. The first kappa shape index (κ1) is 8.48. The molecule has 1 aliphatic heterocycles. The predicted octanol–water partition coefficient (Wildman–Crippen LogP) is 3.07. The molecule has 0 spiro atoms. The maximum absolute atomic E-state index is 11.5. The van der Waals surface area contributed by atoms with E-state index in [2.05, 4.69) is 0 Å². The highest BCUT2D eigenvalue weighted by Gasteiger charge is 2.29. The predicted molar refractivity (Wildman–Crippen MR) is 57.8 cm³/mol. The number of rotatable bonds is 0. The number of hydrogen-bond donors (Lipinski definition) is 0. The lowest BCUT2D eigenvalue weighted by atomic mass is 9.98. The van der Waals surface area contributed by atoms with Crippen molar-refractivity contribution in [3.63, 3.8) is 0 Å². The van der Waals surface area contributed by atoms with Gasteiger partial charge in [0.2, 0.25) is 0 Å². The number of hydrogen-bond acceptors (Lipinski definition) is 2. The third-order valence-electron chi connectivity index (χ3n) is 2.88. The first-order valence-corrected chi connectivity index (χ1v) is 5.00. The number of benzene rings is 2. The maximum atomic E-state index is 11.5. The second-order valence-corrected chi connectivity index (χ2v) is 3.80. The van der Waals surface area contributed by atoms with E-state index in [0.717, 1.165) is 16.3 Å². The molecule has 2 aromatic carbocycles. The fourth-order valence-corrected chi connectivity index (χ4v) is 2.19. The van der Waals surface area contributed by atoms with Crippen LogP contribution in [0.1, 0.15) is 28.9 Å². The molecule has 0 aliphatic carbocycles. The molecule has 2 aromatic rings. The van der Waals surface area contributed by atoms with Crippen LogP contribution in [0.2, 0.25) is 0 Å². The van der Waals surface area contributed by atoms with E-state index < -0.39 is 0 Å². The Balaban J connectivity index is 2.44. The van der Waals surface area contributed by atoms with Gasteiger partial charge in [0.25, 0.3) is 0 Å². The summed E-state index contributed by atoms with van der Waals surface area (Å²) in [4.78, 5) is 11.5. The van der Waals surface area contributed by atoms with Crippen LogP contribution >= 0.6 is 0 Å². The molecule has 3 rings (SSSR count). The molecule has 2 heteroatoms. The zero-order valence-electron chi connectivity index (χ0n) is 8.36. The SMILES string of the molecule is CC1OC(=O)c2ccc3ccccc3c21. The van der Waals surface area contributed by atoms with E-state index in [-0.39, 0.29) is 12.1 Å². The minimum atomic E-state index is -0.205. The monoisotopic (exact) mass is 198 g/mol. The minimum absolute atomic E-state index is 0.126. The van der Waals surface area contributed by atoms with Crippen molar-refractivity contribution < 1.29 is 9.53 Å². The second-order valence-electron chi connectivity index (χ2n) is 3.80. The Morgan fingerprint density at radius 2 is 1.93 bits per heavy atom. The van der Waals surface area contributed by atoms with Gasteiger partial charge in [-0.3, -0.25) is 0 Å². The molecule has 0 bridgehead atoms. The standard InChI is InChI=1S/C13H10O2/c1-8-12-10-5-3-2-4-9(10)6-7-11(12)13(14)15-8/h2-8H,1H3. The summed E-state index contributed by atoms with van der Waals surface area (Å²) in [5, 5.41) is 2.27. The number of carbonyl (C=O) groups is 1. The zero-order valence-corrected chi connectivity index (χ0v) is 8.36. The Kier molecular flexibility index (Phi) is 1.60.